The van der Waals surface area contributed by atoms with Crippen molar-refractivity contribution >= 4 is 21.7 Å². The zero-order valence-electron chi connectivity index (χ0n) is 10.4. The molecule has 0 bridgehead atoms. The minimum atomic E-state index is -0.405. The summed E-state index contributed by atoms with van der Waals surface area (Å²) in [5.74, 6) is 1.60. The standard InChI is InChI=1S/C13H15BrO4/c1-16-11-3-4-12(17-2)9-7-18-13(5-8(9)11)10(15)6-14/h3-4,13H,5-7H2,1-2H3. The summed E-state index contributed by atoms with van der Waals surface area (Å²) in [6.07, 6.45) is 0.123. The molecule has 1 unspecified atom stereocenters. The van der Waals surface area contributed by atoms with Gasteiger partial charge in [-0.05, 0) is 12.1 Å². The number of halogens is 1. The van der Waals surface area contributed by atoms with Crippen molar-refractivity contribution in [3.8, 4) is 11.5 Å². The number of alkyl halides is 1. The molecule has 1 heterocycles. The largest absolute Gasteiger partial charge is 0.496 e. The zero-order valence-corrected chi connectivity index (χ0v) is 12.0. The topological polar surface area (TPSA) is 44.8 Å². The van der Waals surface area contributed by atoms with E-state index in [0.717, 1.165) is 22.6 Å². The van der Waals surface area contributed by atoms with Gasteiger partial charge >= 0.3 is 0 Å². The minimum Gasteiger partial charge on any atom is -0.496 e. The highest BCUT2D eigenvalue weighted by Gasteiger charge is 2.28. The van der Waals surface area contributed by atoms with E-state index in [1.165, 1.54) is 0 Å². The van der Waals surface area contributed by atoms with E-state index < -0.39 is 6.10 Å². The summed E-state index contributed by atoms with van der Waals surface area (Å²) in [5, 5.41) is 0.305. The lowest BCUT2D eigenvalue weighted by Gasteiger charge is -2.26. The molecule has 1 aliphatic rings. The highest BCUT2D eigenvalue weighted by atomic mass is 79.9. The quantitative estimate of drug-likeness (QED) is 0.798. The van der Waals surface area contributed by atoms with Crippen molar-refractivity contribution in [1.29, 1.82) is 0 Å². The number of ether oxygens (including phenoxy) is 3. The van der Waals surface area contributed by atoms with Gasteiger partial charge in [0.05, 0.1) is 26.2 Å². The lowest BCUT2D eigenvalue weighted by Crippen LogP contribution is -2.31. The van der Waals surface area contributed by atoms with Gasteiger partial charge < -0.3 is 14.2 Å². The number of benzene rings is 1. The molecule has 1 aromatic carbocycles. The molecule has 0 saturated heterocycles. The van der Waals surface area contributed by atoms with Gasteiger partial charge in [-0.1, -0.05) is 15.9 Å². The zero-order chi connectivity index (χ0) is 13.1. The van der Waals surface area contributed by atoms with Crippen LogP contribution in [0.5, 0.6) is 11.5 Å². The first-order valence-corrected chi connectivity index (χ1v) is 6.76. The Bertz CT molecular complexity index is 459. The first-order valence-electron chi connectivity index (χ1n) is 5.64. The summed E-state index contributed by atoms with van der Waals surface area (Å²) in [4.78, 5) is 11.7. The van der Waals surface area contributed by atoms with Gasteiger partial charge in [0.15, 0.2) is 5.78 Å². The van der Waals surface area contributed by atoms with Crippen LogP contribution in [0.15, 0.2) is 12.1 Å². The molecule has 2 rings (SSSR count). The number of fused-ring (bicyclic) bond motifs is 1. The summed E-state index contributed by atoms with van der Waals surface area (Å²) in [6, 6.07) is 3.71. The molecule has 18 heavy (non-hydrogen) atoms. The Morgan fingerprint density at radius 3 is 2.50 bits per heavy atom. The molecule has 1 aliphatic heterocycles. The maximum absolute atomic E-state index is 11.7. The maximum atomic E-state index is 11.7. The predicted molar refractivity (Wildman–Crippen MR) is 70.6 cm³/mol. The van der Waals surface area contributed by atoms with Crippen LogP contribution in [0.3, 0.4) is 0 Å². The van der Waals surface area contributed by atoms with Gasteiger partial charge in [-0.15, -0.1) is 0 Å². The van der Waals surface area contributed by atoms with Crippen LogP contribution in [-0.2, 0) is 22.6 Å². The maximum Gasteiger partial charge on any atom is 0.172 e. The van der Waals surface area contributed by atoms with Gasteiger partial charge in [0.25, 0.3) is 0 Å². The van der Waals surface area contributed by atoms with Gasteiger partial charge in [0.1, 0.15) is 17.6 Å². The predicted octanol–water partition coefficient (Wildman–Crippen LogP) is 2.11. The Morgan fingerprint density at radius 1 is 1.33 bits per heavy atom. The molecular weight excluding hydrogens is 300 g/mol. The SMILES string of the molecule is COc1ccc(OC)c2c1COC(C(=O)CBr)C2. The van der Waals surface area contributed by atoms with Gasteiger partial charge in [0.2, 0.25) is 0 Å². The number of Topliss-reactive ketones (excluding diaryl/α,β-unsaturated/α-hetero) is 1. The van der Waals surface area contributed by atoms with Gasteiger partial charge in [-0.2, -0.15) is 0 Å². The molecule has 0 amide bonds. The molecule has 0 aromatic heterocycles. The first-order chi connectivity index (χ1) is 8.71. The van der Waals surface area contributed by atoms with Gasteiger partial charge in [-0.25, -0.2) is 0 Å². The van der Waals surface area contributed by atoms with E-state index in [1.54, 1.807) is 14.2 Å². The van der Waals surface area contributed by atoms with E-state index in [-0.39, 0.29) is 5.78 Å². The monoisotopic (exact) mass is 314 g/mol. The van der Waals surface area contributed by atoms with Crippen LogP contribution in [-0.4, -0.2) is 31.4 Å². The average Bonchev–Trinajstić information content (AvgIpc) is 2.44. The van der Waals surface area contributed by atoms with Crippen molar-refractivity contribution in [3.05, 3.63) is 23.3 Å². The van der Waals surface area contributed by atoms with E-state index in [2.05, 4.69) is 15.9 Å². The Hall–Kier alpha value is -1.07. The second-order valence-electron chi connectivity index (χ2n) is 4.03. The fraction of sp³-hybridized carbons (Fsp3) is 0.462. The highest BCUT2D eigenvalue weighted by Crippen LogP contribution is 2.35. The molecule has 0 aliphatic carbocycles. The molecule has 1 atom stereocenters. The van der Waals surface area contributed by atoms with Crippen LogP contribution in [0, 0.1) is 0 Å². The van der Waals surface area contributed by atoms with E-state index in [0.29, 0.717) is 18.4 Å². The van der Waals surface area contributed by atoms with Crippen molar-refractivity contribution in [3.63, 3.8) is 0 Å². The van der Waals surface area contributed by atoms with Crippen LogP contribution < -0.4 is 9.47 Å². The summed E-state index contributed by atoms with van der Waals surface area (Å²) in [5.41, 5.74) is 1.97. The van der Waals surface area contributed by atoms with Crippen LogP contribution in [0.2, 0.25) is 0 Å². The van der Waals surface area contributed by atoms with Crippen molar-refractivity contribution < 1.29 is 19.0 Å². The highest BCUT2D eigenvalue weighted by molar-refractivity contribution is 9.09. The second kappa shape index (κ2) is 5.71. The number of methoxy groups -OCH3 is 2. The van der Waals surface area contributed by atoms with Crippen molar-refractivity contribution in [2.45, 2.75) is 19.1 Å². The fourth-order valence-corrected chi connectivity index (χ4v) is 2.50. The van der Waals surface area contributed by atoms with E-state index in [4.69, 9.17) is 14.2 Å². The molecule has 4 nitrogen and oxygen atoms in total. The Morgan fingerprint density at radius 2 is 1.94 bits per heavy atom. The van der Waals surface area contributed by atoms with Gasteiger partial charge in [-0.3, -0.25) is 4.79 Å². The van der Waals surface area contributed by atoms with Crippen molar-refractivity contribution in [2.24, 2.45) is 0 Å². The number of hydrogen-bond donors (Lipinski definition) is 0. The first kappa shape index (κ1) is 13.4. The van der Waals surface area contributed by atoms with E-state index in [1.807, 2.05) is 12.1 Å². The van der Waals surface area contributed by atoms with Crippen molar-refractivity contribution in [1.82, 2.24) is 0 Å². The Labute approximate surface area is 114 Å². The molecule has 0 fully saturated rings. The van der Waals surface area contributed by atoms with Crippen LogP contribution in [0.25, 0.3) is 0 Å². The Kier molecular flexibility index (Phi) is 4.24. The lowest BCUT2D eigenvalue weighted by atomic mass is 9.95. The van der Waals surface area contributed by atoms with Crippen LogP contribution >= 0.6 is 15.9 Å². The molecule has 98 valence electrons. The molecular formula is C13H15BrO4. The van der Waals surface area contributed by atoms with E-state index in [9.17, 15) is 4.79 Å². The summed E-state index contributed by atoms with van der Waals surface area (Å²) >= 11 is 3.17. The third-order valence-electron chi connectivity index (χ3n) is 3.09. The third kappa shape index (κ3) is 2.37. The van der Waals surface area contributed by atoms with E-state index >= 15 is 0 Å². The molecule has 0 spiro atoms. The molecule has 0 N–H and O–H groups in total. The number of carbonyl (C=O) groups is 1. The minimum absolute atomic E-state index is 0.0468. The normalized spacial score (nSPS) is 18.1. The number of rotatable bonds is 4. The summed E-state index contributed by atoms with van der Waals surface area (Å²) < 4.78 is 16.2. The third-order valence-corrected chi connectivity index (χ3v) is 3.65. The second-order valence-corrected chi connectivity index (χ2v) is 4.59. The smallest absolute Gasteiger partial charge is 0.172 e. The lowest BCUT2D eigenvalue weighted by molar-refractivity contribution is -0.129. The molecule has 0 saturated carbocycles. The number of carbonyl (C=O) groups excluding carboxylic acids is 1. The van der Waals surface area contributed by atoms with Crippen LogP contribution in [0.4, 0.5) is 0 Å². The molecule has 0 radical (unpaired) electrons. The number of ketones is 1. The fourth-order valence-electron chi connectivity index (χ4n) is 2.14. The van der Waals surface area contributed by atoms with Crippen LogP contribution in [0.1, 0.15) is 11.1 Å². The summed E-state index contributed by atoms with van der Waals surface area (Å²) in [6.45, 7) is 0.374. The molecule has 5 heteroatoms. The van der Waals surface area contributed by atoms with Crippen molar-refractivity contribution in [2.75, 3.05) is 19.5 Å². The average molecular weight is 315 g/mol. The molecule has 1 aromatic rings. The van der Waals surface area contributed by atoms with Gasteiger partial charge in [0, 0.05) is 17.5 Å². The Balaban J connectivity index is 2.37. The number of hydrogen-bond acceptors (Lipinski definition) is 4. The summed E-state index contributed by atoms with van der Waals surface area (Å²) in [7, 11) is 3.25.